The van der Waals surface area contributed by atoms with Crippen LogP contribution < -0.4 is 10.6 Å². The molecule has 2 fully saturated rings. The molecular formula is C20H28N4O. The highest BCUT2D eigenvalue weighted by atomic mass is 16.2. The monoisotopic (exact) mass is 340 g/mol. The number of rotatable bonds is 5. The number of hydrogen-bond donors (Lipinski definition) is 2. The largest absolute Gasteiger partial charge is 0.354 e. The number of guanidine groups is 1. The number of nitrogens with one attached hydrogen (secondary N) is 2. The van der Waals surface area contributed by atoms with Gasteiger partial charge in [0.15, 0.2) is 5.96 Å². The summed E-state index contributed by atoms with van der Waals surface area (Å²) < 4.78 is 0. The van der Waals surface area contributed by atoms with E-state index in [2.05, 4.69) is 50.9 Å². The highest BCUT2D eigenvalue weighted by molar-refractivity contribution is 5.81. The van der Waals surface area contributed by atoms with Crippen LogP contribution in [0.5, 0.6) is 0 Å². The molecule has 25 heavy (non-hydrogen) atoms. The molecule has 0 bridgehead atoms. The van der Waals surface area contributed by atoms with Gasteiger partial charge in [0, 0.05) is 39.1 Å². The van der Waals surface area contributed by atoms with Crippen molar-refractivity contribution >= 4 is 17.9 Å². The number of hydrogen-bond acceptors (Lipinski definition) is 2. The van der Waals surface area contributed by atoms with E-state index in [0.29, 0.717) is 13.1 Å². The van der Waals surface area contributed by atoms with Gasteiger partial charge in [-0.05, 0) is 31.2 Å². The molecule has 1 heterocycles. The second-order valence-corrected chi connectivity index (χ2v) is 6.74. The molecule has 1 amide bonds. The van der Waals surface area contributed by atoms with Crippen molar-refractivity contribution in [1.29, 1.82) is 0 Å². The number of carbonyl (C=O) groups excluding carboxylic acids is 1. The van der Waals surface area contributed by atoms with Crippen molar-refractivity contribution in [2.24, 2.45) is 10.9 Å². The van der Waals surface area contributed by atoms with Gasteiger partial charge in [0.25, 0.3) is 0 Å². The average Bonchev–Trinajstić information content (AvgIpc) is 3.49. The SMILES string of the molecule is CN=C(NCCNC(=O)C1CC1)N1CCC(=Cc2ccccc2)CC1. The minimum Gasteiger partial charge on any atom is -0.354 e. The number of piperidine rings is 1. The lowest BCUT2D eigenvalue weighted by Crippen LogP contribution is -2.46. The van der Waals surface area contributed by atoms with Crippen LogP contribution in [-0.4, -0.2) is 50.0 Å². The predicted octanol–water partition coefficient (Wildman–Crippen LogP) is 2.27. The van der Waals surface area contributed by atoms with Crippen LogP contribution in [0.2, 0.25) is 0 Å². The van der Waals surface area contributed by atoms with Crippen LogP contribution in [0.25, 0.3) is 6.08 Å². The van der Waals surface area contributed by atoms with E-state index >= 15 is 0 Å². The fraction of sp³-hybridized carbons (Fsp3) is 0.500. The number of nitrogens with zero attached hydrogens (tertiary/aromatic N) is 2. The zero-order chi connectivity index (χ0) is 17.5. The van der Waals surface area contributed by atoms with E-state index in [0.717, 1.165) is 44.7 Å². The molecule has 0 spiro atoms. The summed E-state index contributed by atoms with van der Waals surface area (Å²) in [5, 5.41) is 6.34. The molecule has 5 nitrogen and oxygen atoms in total. The predicted molar refractivity (Wildman–Crippen MR) is 102 cm³/mol. The van der Waals surface area contributed by atoms with Gasteiger partial charge in [0.1, 0.15) is 0 Å². The molecule has 1 aliphatic heterocycles. The van der Waals surface area contributed by atoms with Crippen molar-refractivity contribution in [1.82, 2.24) is 15.5 Å². The summed E-state index contributed by atoms with van der Waals surface area (Å²) in [6.07, 6.45) is 6.53. The molecule has 0 radical (unpaired) electrons. The Morgan fingerprint density at radius 3 is 2.48 bits per heavy atom. The van der Waals surface area contributed by atoms with E-state index in [-0.39, 0.29) is 11.8 Å². The average molecular weight is 340 g/mol. The first-order chi connectivity index (χ1) is 12.3. The summed E-state index contributed by atoms with van der Waals surface area (Å²) in [4.78, 5) is 18.3. The number of likely N-dealkylation sites (tertiary alicyclic amines) is 1. The van der Waals surface area contributed by atoms with Gasteiger partial charge in [-0.25, -0.2) is 0 Å². The first-order valence-corrected chi connectivity index (χ1v) is 9.24. The van der Waals surface area contributed by atoms with Crippen molar-refractivity contribution in [3.05, 3.63) is 41.5 Å². The first kappa shape index (κ1) is 17.5. The highest BCUT2D eigenvalue weighted by Crippen LogP contribution is 2.28. The third kappa shape index (κ3) is 5.34. The number of carbonyl (C=O) groups is 1. The van der Waals surface area contributed by atoms with E-state index in [1.54, 1.807) is 0 Å². The lowest BCUT2D eigenvalue weighted by atomic mass is 10.0. The van der Waals surface area contributed by atoms with Crippen LogP contribution in [0.3, 0.4) is 0 Å². The van der Waals surface area contributed by atoms with Crippen LogP contribution in [0, 0.1) is 5.92 Å². The Morgan fingerprint density at radius 2 is 1.84 bits per heavy atom. The fourth-order valence-electron chi connectivity index (χ4n) is 3.12. The van der Waals surface area contributed by atoms with E-state index in [9.17, 15) is 4.79 Å². The molecule has 2 N–H and O–H groups in total. The van der Waals surface area contributed by atoms with Crippen LogP contribution in [0.4, 0.5) is 0 Å². The van der Waals surface area contributed by atoms with E-state index in [1.807, 2.05) is 13.1 Å². The molecular weight excluding hydrogens is 312 g/mol. The van der Waals surface area contributed by atoms with E-state index in [4.69, 9.17) is 0 Å². The van der Waals surface area contributed by atoms with Crippen LogP contribution in [0.15, 0.2) is 40.9 Å². The first-order valence-electron chi connectivity index (χ1n) is 9.24. The quantitative estimate of drug-likeness (QED) is 0.491. The van der Waals surface area contributed by atoms with Crippen LogP contribution in [0.1, 0.15) is 31.2 Å². The van der Waals surface area contributed by atoms with Gasteiger partial charge in [-0.15, -0.1) is 0 Å². The molecule has 0 unspecified atom stereocenters. The third-order valence-corrected chi connectivity index (χ3v) is 4.74. The van der Waals surface area contributed by atoms with E-state index in [1.165, 1.54) is 11.1 Å². The van der Waals surface area contributed by atoms with Crippen molar-refractivity contribution < 1.29 is 4.79 Å². The molecule has 2 aliphatic rings. The smallest absolute Gasteiger partial charge is 0.223 e. The molecule has 1 saturated heterocycles. The summed E-state index contributed by atoms with van der Waals surface area (Å²) in [6.45, 7) is 3.33. The van der Waals surface area contributed by atoms with Gasteiger partial charge in [-0.3, -0.25) is 9.79 Å². The maximum atomic E-state index is 11.6. The van der Waals surface area contributed by atoms with Gasteiger partial charge in [0.2, 0.25) is 5.91 Å². The number of benzene rings is 1. The lowest BCUT2D eigenvalue weighted by molar-refractivity contribution is -0.122. The zero-order valence-electron chi connectivity index (χ0n) is 15.0. The normalized spacial score (nSPS) is 18.0. The van der Waals surface area contributed by atoms with Crippen molar-refractivity contribution in [3.63, 3.8) is 0 Å². The van der Waals surface area contributed by atoms with Crippen molar-refractivity contribution in [2.75, 3.05) is 33.2 Å². The Morgan fingerprint density at radius 1 is 1.16 bits per heavy atom. The Bertz CT molecular complexity index is 624. The highest BCUT2D eigenvalue weighted by Gasteiger charge is 2.29. The summed E-state index contributed by atoms with van der Waals surface area (Å²) >= 11 is 0. The Hall–Kier alpha value is -2.30. The summed E-state index contributed by atoms with van der Waals surface area (Å²) in [7, 11) is 1.82. The Balaban J connectivity index is 1.41. The molecule has 134 valence electrons. The minimum absolute atomic E-state index is 0.199. The lowest BCUT2D eigenvalue weighted by Gasteiger charge is -2.31. The molecule has 1 aliphatic carbocycles. The van der Waals surface area contributed by atoms with Gasteiger partial charge in [0.05, 0.1) is 0 Å². The minimum atomic E-state index is 0.199. The van der Waals surface area contributed by atoms with Gasteiger partial charge < -0.3 is 15.5 Å². The van der Waals surface area contributed by atoms with E-state index < -0.39 is 0 Å². The molecule has 1 saturated carbocycles. The molecule has 0 atom stereocenters. The van der Waals surface area contributed by atoms with Crippen molar-refractivity contribution in [3.8, 4) is 0 Å². The van der Waals surface area contributed by atoms with Gasteiger partial charge >= 0.3 is 0 Å². The van der Waals surface area contributed by atoms with Crippen LogP contribution >= 0.6 is 0 Å². The fourth-order valence-corrected chi connectivity index (χ4v) is 3.12. The molecule has 1 aromatic rings. The third-order valence-electron chi connectivity index (χ3n) is 4.74. The maximum absolute atomic E-state index is 11.6. The molecule has 0 aromatic heterocycles. The number of aliphatic imine (C=N–C) groups is 1. The summed E-state index contributed by atoms with van der Waals surface area (Å²) in [5.74, 6) is 1.40. The molecule has 1 aromatic carbocycles. The van der Waals surface area contributed by atoms with Crippen molar-refractivity contribution in [2.45, 2.75) is 25.7 Å². The van der Waals surface area contributed by atoms with Crippen LogP contribution in [-0.2, 0) is 4.79 Å². The second-order valence-electron chi connectivity index (χ2n) is 6.74. The van der Waals surface area contributed by atoms with Gasteiger partial charge in [-0.1, -0.05) is 42.0 Å². The number of amides is 1. The summed E-state index contributed by atoms with van der Waals surface area (Å²) in [5.41, 5.74) is 2.77. The standard InChI is InChI=1S/C20H28N4O/c1-21-20(23-12-11-22-19(25)18-7-8-18)24-13-9-17(10-14-24)15-16-5-3-2-4-6-16/h2-6,15,18H,7-14H2,1H3,(H,21,23)(H,22,25). The Kier molecular flexibility index (Phi) is 6.09. The Labute approximate surface area is 150 Å². The van der Waals surface area contributed by atoms with Gasteiger partial charge in [-0.2, -0.15) is 0 Å². The second kappa shape index (κ2) is 8.70. The molecule has 3 rings (SSSR count). The topological polar surface area (TPSA) is 56.7 Å². The zero-order valence-corrected chi connectivity index (χ0v) is 15.0. The molecule has 5 heteroatoms. The summed E-state index contributed by atoms with van der Waals surface area (Å²) in [6, 6.07) is 10.5. The maximum Gasteiger partial charge on any atom is 0.223 e.